The fraction of sp³-hybridized carbons (Fsp3) is 1.00. The number of likely N-dealkylation sites (N-methyl/N-ethyl adjacent to an activating group) is 1. The van der Waals surface area contributed by atoms with E-state index in [1.807, 2.05) is 0 Å². The predicted molar refractivity (Wildman–Crippen MR) is 57.1 cm³/mol. The molecule has 0 rings (SSSR count). The summed E-state index contributed by atoms with van der Waals surface area (Å²) < 4.78 is 5.05. The maximum Gasteiger partial charge on any atom is 0.0589 e. The van der Waals surface area contributed by atoms with Crippen molar-refractivity contribution >= 4 is 12.6 Å². The molecule has 0 aliphatic rings. The first-order valence-electron chi connectivity index (χ1n) is 4.43. The van der Waals surface area contributed by atoms with Gasteiger partial charge in [-0.3, -0.25) is 4.90 Å². The Bertz CT molecular complexity index is 117. The minimum Gasteiger partial charge on any atom is -0.383 e. The summed E-state index contributed by atoms with van der Waals surface area (Å²) in [5.41, 5.74) is 0.177. The first kappa shape index (κ1) is 12.3. The molecule has 0 saturated carbocycles. The Kier molecular flexibility index (Phi) is 5.97. The van der Waals surface area contributed by atoms with E-state index in [1.165, 1.54) is 0 Å². The van der Waals surface area contributed by atoms with Gasteiger partial charge in [0, 0.05) is 24.9 Å². The van der Waals surface area contributed by atoms with E-state index in [1.54, 1.807) is 7.11 Å². The first-order chi connectivity index (χ1) is 5.58. The predicted octanol–water partition coefficient (Wildman–Crippen LogP) is 1.66. The van der Waals surface area contributed by atoms with Gasteiger partial charge in [0.2, 0.25) is 0 Å². The maximum atomic E-state index is 5.05. The van der Waals surface area contributed by atoms with Crippen LogP contribution in [0.1, 0.15) is 20.8 Å². The molecule has 12 heavy (non-hydrogen) atoms. The molecule has 0 N–H and O–H groups in total. The van der Waals surface area contributed by atoms with Crippen LogP contribution in [0.15, 0.2) is 0 Å². The lowest BCUT2D eigenvalue weighted by Gasteiger charge is -2.36. The van der Waals surface area contributed by atoms with Crippen molar-refractivity contribution in [1.82, 2.24) is 4.90 Å². The van der Waals surface area contributed by atoms with Crippen LogP contribution in [0.5, 0.6) is 0 Å². The van der Waals surface area contributed by atoms with Gasteiger partial charge in [0.25, 0.3) is 0 Å². The number of nitrogens with zero attached hydrogens (tertiary/aromatic N) is 1. The van der Waals surface area contributed by atoms with Crippen molar-refractivity contribution < 1.29 is 4.74 Å². The molecule has 0 aliphatic heterocycles. The van der Waals surface area contributed by atoms with Crippen molar-refractivity contribution in [1.29, 1.82) is 0 Å². The highest BCUT2D eigenvalue weighted by molar-refractivity contribution is 7.80. The Hall–Kier alpha value is 0.270. The van der Waals surface area contributed by atoms with Crippen LogP contribution in [0, 0.1) is 0 Å². The van der Waals surface area contributed by atoms with Crippen LogP contribution in [-0.4, -0.2) is 43.0 Å². The average Bonchev–Trinajstić information content (AvgIpc) is 2.05. The lowest BCUT2D eigenvalue weighted by molar-refractivity contribution is 0.0948. The smallest absolute Gasteiger partial charge is 0.0589 e. The Balaban J connectivity index is 3.95. The second kappa shape index (κ2) is 5.84. The van der Waals surface area contributed by atoms with Crippen molar-refractivity contribution in [3.05, 3.63) is 0 Å². The topological polar surface area (TPSA) is 12.5 Å². The van der Waals surface area contributed by atoms with E-state index in [9.17, 15) is 0 Å². The van der Waals surface area contributed by atoms with E-state index in [-0.39, 0.29) is 5.54 Å². The van der Waals surface area contributed by atoms with Crippen molar-refractivity contribution in [3.63, 3.8) is 0 Å². The second-order valence-corrected chi connectivity index (χ2v) is 3.86. The Morgan fingerprint density at radius 1 is 1.42 bits per heavy atom. The molecule has 0 bridgehead atoms. The van der Waals surface area contributed by atoms with Crippen LogP contribution in [0.3, 0.4) is 0 Å². The monoisotopic (exact) mass is 191 g/mol. The number of hydrogen-bond donors (Lipinski definition) is 1. The van der Waals surface area contributed by atoms with Gasteiger partial charge in [0.15, 0.2) is 0 Å². The molecule has 0 spiro atoms. The van der Waals surface area contributed by atoms with E-state index in [0.717, 1.165) is 25.4 Å². The molecule has 2 nitrogen and oxygen atoms in total. The van der Waals surface area contributed by atoms with Crippen LogP contribution in [0.4, 0.5) is 0 Å². The van der Waals surface area contributed by atoms with E-state index >= 15 is 0 Å². The summed E-state index contributed by atoms with van der Waals surface area (Å²) in [5, 5.41) is 0. The Morgan fingerprint density at radius 2 is 2.00 bits per heavy atom. The molecule has 0 unspecified atom stereocenters. The van der Waals surface area contributed by atoms with E-state index in [2.05, 4.69) is 38.3 Å². The molecule has 3 heteroatoms. The minimum absolute atomic E-state index is 0.177. The SMILES string of the molecule is CCN(CCOC)C(C)(C)CS. The zero-order valence-electron chi connectivity index (χ0n) is 8.63. The van der Waals surface area contributed by atoms with Crippen molar-refractivity contribution in [2.24, 2.45) is 0 Å². The molecule has 0 aromatic heterocycles. The minimum atomic E-state index is 0.177. The number of hydrogen-bond acceptors (Lipinski definition) is 3. The van der Waals surface area contributed by atoms with E-state index in [0.29, 0.717) is 0 Å². The third-order valence-corrected chi connectivity index (χ3v) is 2.96. The highest BCUT2D eigenvalue weighted by Crippen LogP contribution is 2.14. The molecule has 0 saturated heterocycles. The Morgan fingerprint density at radius 3 is 2.33 bits per heavy atom. The molecule has 0 amide bonds. The summed E-state index contributed by atoms with van der Waals surface area (Å²) in [5.74, 6) is 0.880. The van der Waals surface area contributed by atoms with Gasteiger partial charge in [0.1, 0.15) is 0 Å². The molecule has 0 aromatic carbocycles. The van der Waals surface area contributed by atoms with Crippen LogP contribution < -0.4 is 0 Å². The average molecular weight is 191 g/mol. The molecular formula is C9H21NOS. The quantitative estimate of drug-likeness (QED) is 0.641. The van der Waals surface area contributed by atoms with Crippen molar-refractivity contribution in [2.75, 3.05) is 32.6 Å². The highest BCUT2D eigenvalue weighted by Gasteiger charge is 2.22. The molecule has 0 aromatic rings. The van der Waals surface area contributed by atoms with Gasteiger partial charge < -0.3 is 4.74 Å². The zero-order valence-corrected chi connectivity index (χ0v) is 9.53. The fourth-order valence-corrected chi connectivity index (χ4v) is 1.39. The Labute approximate surface area is 81.7 Å². The number of methoxy groups -OCH3 is 1. The summed E-state index contributed by atoms with van der Waals surface area (Å²) in [4.78, 5) is 2.38. The van der Waals surface area contributed by atoms with Gasteiger partial charge in [0.05, 0.1) is 6.61 Å². The van der Waals surface area contributed by atoms with Crippen LogP contribution in [0.25, 0.3) is 0 Å². The molecule has 0 atom stereocenters. The first-order valence-corrected chi connectivity index (χ1v) is 5.06. The summed E-state index contributed by atoms with van der Waals surface area (Å²) in [6, 6.07) is 0. The molecule has 0 radical (unpaired) electrons. The number of rotatable bonds is 6. The van der Waals surface area contributed by atoms with Crippen molar-refractivity contribution in [2.45, 2.75) is 26.3 Å². The normalized spacial score (nSPS) is 12.5. The van der Waals surface area contributed by atoms with Crippen LogP contribution in [-0.2, 0) is 4.74 Å². The standard InChI is InChI=1S/C9H21NOS/c1-5-10(6-7-11-4)9(2,3)8-12/h12H,5-8H2,1-4H3. The lowest BCUT2D eigenvalue weighted by atomic mass is 10.1. The van der Waals surface area contributed by atoms with Gasteiger partial charge in [-0.15, -0.1) is 0 Å². The summed E-state index contributed by atoms with van der Waals surface area (Å²) >= 11 is 4.33. The molecule has 0 heterocycles. The fourth-order valence-electron chi connectivity index (χ4n) is 1.19. The molecule has 0 aliphatic carbocycles. The van der Waals surface area contributed by atoms with Gasteiger partial charge in [-0.1, -0.05) is 6.92 Å². The van der Waals surface area contributed by atoms with Crippen molar-refractivity contribution in [3.8, 4) is 0 Å². The molecule has 0 fully saturated rings. The third-order valence-electron chi connectivity index (χ3n) is 2.19. The summed E-state index contributed by atoms with van der Waals surface area (Å²) in [6.45, 7) is 9.42. The van der Waals surface area contributed by atoms with Crippen LogP contribution in [0.2, 0.25) is 0 Å². The second-order valence-electron chi connectivity index (χ2n) is 3.54. The summed E-state index contributed by atoms with van der Waals surface area (Å²) in [6.07, 6.45) is 0. The third kappa shape index (κ3) is 3.78. The largest absolute Gasteiger partial charge is 0.383 e. The van der Waals surface area contributed by atoms with Gasteiger partial charge in [-0.2, -0.15) is 12.6 Å². The maximum absolute atomic E-state index is 5.05. The number of thiol groups is 1. The molecule has 74 valence electrons. The van der Waals surface area contributed by atoms with Gasteiger partial charge in [-0.05, 0) is 20.4 Å². The number of ether oxygens (including phenoxy) is 1. The lowest BCUT2D eigenvalue weighted by Crippen LogP contribution is -2.46. The molecular weight excluding hydrogens is 170 g/mol. The van der Waals surface area contributed by atoms with E-state index in [4.69, 9.17) is 4.74 Å². The van der Waals surface area contributed by atoms with Gasteiger partial charge in [-0.25, -0.2) is 0 Å². The summed E-state index contributed by atoms with van der Waals surface area (Å²) in [7, 11) is 1.74. The van der Waals surface area contributed by atoms with Crippen LogP contribution >= 0.6 is 12.6 Å². The zero-order chi connectivity index (χ0) is 9.61. The van der Waals surface area contributed by atoms with Gasteiger partial charge >= 0.3 is 0 Å². The highest BCUT2D eigenvalue weighted by atomic mass is 32.1. The van der Waals surface area contributed by atoms with E-state index < -0.39 is 0 Å².